The summed E-state index contributed by atoms with van der Waals surface area (Å²) in [6.45, 7) is 7.58. The second kappa shape index (κ2) is 8.99. The number of nitrogens with one attached hydrogen (secondary N) is 1. The maximum absolute atomic E-state index is 12.0. The average molecular weight is 310 g/mol. The summed E-state index contributed by atoms with van der Waals surface area (Å²) in [7, 11) is 0. The molecule has 0 radical (unpaired) electrons. The first kappa shape index (κ1) is 17.9. The minimum atomic E-state index is -1.18. The molecule has 1 aromatic rings. The maximum Gasteiger partial charge on any atom is 0.328 e. The van der Waals surface area contributed by atoms with Gasteiger partial charge in [-0.3, -0.25) is 4.79 Å². The van der Waals surface area contributed by atoms with E-state index in [1.165, 1.54) is 6.08 Å². The number of carbonyl (C=O) groups excluding carboxylic acids is 1. The molecule has 0 aliphatic carbocycles. The smallest absolute Gasteiger partial charge is 0.328 e. The van der Waals surface area contributed by atoms with Gasteiger partial charge in [-0.2, -0.15) is 0 Å². The first-order valence-electron chi connectivity index (χ1n) is 7.22. The van der Waals surface area contributed by atoms with Crippen molar-refractivity contribution in [2.45, 2.75) is 38.6 Å². The molecule has 0 saturated heterocycles. The van der Waals surface area contributed by atoms with E-state index in [2.05, 4.69) is 17.1 Å². The number of ether oxygens (including phenoxy) is 1. The topological polar surface area (TPSA) is 102 Å². The van der Waals surface area contributed by atoms with E-state index in [1.54, 1.807) is 6.07 Å². The van der Waals surface area contributed by atoms with E-state index < -0.39 is 17.9 Å². The summed E-state index contributed by atoms with van der Waals surface area (Å²) < 4.78 is 10.1. The lowest BCUT2D eigenvalue weighted by Gasteiger charge is -2.12. The number of amides is 1. The Morgan fingerprint density at radius 3 is 2.73 bits per heavy atom. The van der Waals surface area contributed by atoms with Gasteiger partial charge in [0, 0.05) is 12.0 Å². The van der Waals surface area contributed by atoms with E-state index in [9.17, 15) is 9.59 Å². The van der Waals surface area contributed by atoms with E-state index in [1.807, 2.05) is 13.8 Å². The van der Waals surface area contributed by atoms with Crippen LogP contribution in [0.5, 0.6) is 0 Å². The Hall–Kier alpha value is -2.15. The quantitative estimate of drug-likeness (QED) is 0.506. The molecule has 0 aromatic carbocycles. The van der Waals surface area contributed by atoms with Crippen LogP contribution in [0.25, 0.3) is 0 Å². The molecule has 22 heavy (non-hydrogen) atoms. The summed E-state index contributed by atoms with van der Waals surface area (Å²) in [5, 5.41) is 15.3. The van der Waals surface area contributed by atoms with E-state index in [0.29, 0.717) is 5.69 Å². The maximum atomic E-state index is 12.0. The molecule has 0 aliphatic rings. The van der Waals surface area contributed by atoms with Gasteiger partial charge in [0.25, 0.3) is 5.91 Å². The Labute approximate surface area is 129 Å². The third-order valence-corrected chi connectivity index (χ3v) is 3.28. The van der Waals surface area contributed by atoms with Gasteiger partial charge in [0.1, 0.15) is 0 Å². The number of carboxylic acids is 1. The molecule has 0 bridgehead atoms. The molecule has 1 aromatic heterocycles. The van der Waals surface area contributed by atoms with Gasteiger partial charge in [-0.05, 0) is 12.8 Å². The van der Waals surface area contributed by atoms with Crippen molar-refractivity contribution in [1.82, 2.24) is 10.5 Å². The highest BCUT2D eigenvalue weighted by atomic mass is 16.5. The first-order chi connectivity index (χ1) is 10.5. The summed E-state index contributed by atoms with van der Waals surface area (Å²) in [6, 6.07) is 0.394. The second-order valence-corrected chi connectivity index (χ2v) is 4.82. The van der Waals surface area contributed by atoms with Gasteiger partial charge in [0.05, 0.1) is 18.9 Å². The number of carboxylic acid groups (broad SMARTS) is 1. The van der Waals surface area contributed by atoms with Crippen LogP contribution in [0.2, 0.25) is 0 Å². The fraction of sp³-hybridized carbons (Fsp3) is 0.533. The predicted octanol–water partition coefficient (Wildman–Crippen LogP) is 1.96. The molecule has 1 heterocycles. The number of rotatable bonds is 10. The lowest BCUT2D eigenvalue weighted by atomic mass is 9.99. The molecule has 1 atom stereocenters. The Bertz CT molecular complexity index is 508. The van der Waals surface area contributed by atoms with Gasteiger partial charge in [-0.1, -0.05) is 25.1 Å². The van der Waals surface area contributed by atoms with Crippen molar-refractivity contribution in [2.75, 3.05) is 13.2 Å². The fourth-order valence-electron chi connectivity index (χ4n) is 1.97. The van der Waals surface area contributed by atoms with Crippen LogP contribution in [0, 0.1) is 0 Å². The minimum absolute atomic E-state index is 0.00290. The third kappa shape index (κ3) is 5.00. The second-order valence-electron chi connectivity index (χ2n) is 4.82. The fourth-order valence-corrected chi connectivity index (χ4v) is 1.97. The number of hydrogen-bond donors (Lipinski definition) is 2. The van der Waals surface area contributed by atoms with Gasteiger partial charge in [0.2, 0.25) is 5.76 Å². The monoisotopic (exact) mass is 310 g/mol. The Balaban J connectivity index is 2.69. The molecule has 1 amide bonds. The van der Waals surface area contributed by atoms with Crippen molar-refractivity contribution in [1.29, 1.82) is 0 Å². The third-order valence-electron chi connectivity index (χ3n) is 3.28. The van der Waals surface area contributed by atoms with Crippen LogP contribution >= 0.6 is 0 Å². The molecule has 0 saturated carbocycles. The molecule has 122 valence electrons. The van der Waals surface area contributed by atoms with Crippen molar-refractivity contribution >= 4 is 11.9 Å². The zero-order valence-corrected chi connectivity index (χ0v) is 12.9. The van der Waals surface area contributed by atoms with Crippen LogP contribution in [0.1, 0.15) is 48.9 Å². The molecular weight excluding hydrogens is 288 g/mol. The lowest BCUT2D eigenvalue weighted by Crippen LogP contribution is -2.44. The van der Waals surface area contributed by atoms with Gasteiger partial charge in [-0.25, -0.2) is 4.79 Å². The van der Waals surface area contributed by atoms with Crippen molar-refractivity contribution < 1.29 is 24.0 Å². The number of aromatic nitrogens is 1. The summed E-state index contributed by atoms with van der Waals surface area (Å²) in [5.41, 5.74) is 0.699. The van der Waals surface area contributed by atoms with Crippen molar-refractivity contribution in [3.63, 3.8) is 0 Å². The van der Waals surface area contributed by atoms with Crippen molar-refractivity contribution in [3.8, 4) is 0 Å². The highest BCUT2D eigenvalue weighted by molar-refractivity contribution is 5.94. The summed E-state index contributed by atoms with van der Waals surface area (Å²) in [4.78, 5) is 23.1. The number of hydrogen-bond acceptors (Lipinski definition) is 5. The SMILES string of the molecule is C=CCOCC(NC(=O)c1cc(C(CC)CC)no1)C(=O)O. The highest BCUT2D eigenvalue weighted by Gasteiger charge is 2.24. The summed E-state index contributed by atoms with van der Waals surface area (Å²) in [5.74, 6) is -1.59. The van der Waals surface area contributed by atoms with Crippen LogP contribution < -0.4 is 5.32 Å². The number of aliphatic carboxylic acids is 1. The van der Waals surface area contributed by atoms with E-state index in [0.717, 1.165) is 12.8 Å². The van der Waals surface area contributed by atoms with Crippen molar-refractivity contribution in [2.24, 2.45) is 0 Å². The standard InChI is InChI=1S/C15H22N2O5/c1-4-7-21-9-12(15(19)20)16-14(18)13-8-11(17-22-13)10(5-2)6-3/h4,8,10,12H,1,5-7,9H2,2-3H3,(H,16,18)(H,19,20). The normalized spacial score (nSPS) is 12.1. The average Bonchev–Trinajstić information content (AvgIpc) is 2.97. The van der Waals surface area contributed by atoms with Gasteiger partial charge >= 0.3 is 5.97 Å². The summed E-state index contributed by atoms with van der Waals surface area (Å²) >= 11 is 0. The van der Waals surface area contributed by atoms with Crippen LogP contribution in [0.4, 0.5) is 0 Å². The molecule has 1 rings (SSSR count). The van der Waals surface area contributed by atoms with Crippen LogP contribution in [0.3, 0.4) is 0 Å². The van der Waals surface area contributed by atoms with Gasteiger partial charge in [0.15, 0.2) is 6.04 Å². The number of carbonyl (C=O) groups is 2. The molecule has 0 aliphatic heterocycles. The highest BCUT2D eigenvalue weighted by Crippen LogP contribution is 2.22. The van der Waals surface area contributed by atoms with Crippen LogP contribution in [-0.2, 0) is 9.53 Å². The van der Waals surface area contributed by atoms with E-state index >= 15 is 0 Å². The zero-order valence-electron chi connectivity index (χ0n) is 12.9. The van der Waals surface area contributed by atoms with E-state index in [-0.39, 0.29) is 24.9 Å². The molecule has 0 fully saturated rings. The molecular formula is C15H22N2O5. The Morgan fingerprint density at radius 2 is 2.18 bits per heavy atom. The van der Waals surface area contributed by atoms with Gasteiger partial charge in [-0.15, -0.1) is 6.58 Å². The summed E-state index contributed by atoms with van der Waals surface area (Å²) in [6.07, 6.45) is 3.27. The zero-order chi connectivity index (χ0) is 16.5. The lowest BCUT2D eigenvalue weighted by molar-refractivity contribution is -0.140. The molecule has 0 spiro atoms. The van der Waals surface area contributed by atoms with Crippen LogP contribution in [0.15, 0.2) is 23.2 Å². The Morgan fingerprint density at radius 1 is 1.50 bits per heavy atom. The van der Waals surface area contributed by atoms with Crippen LogP contribution in [-0.4, -0.2) is 41.4 Å². The molecule has 1 unspecified atom stereocenters. The largest absolute Gasteiger partial charge is 0.480 e. The minimum Gasteiger partial charge on any atom is -0.480 e. The molecule has 2 N–H and O–H groups in total. The number of nitrogens with zero attached hydrogens (tertiary/aromatic N) is 1. The Kier molecular flexibility index (Phi) is 7.31. The van der Waals surface area contributed by atoms with Crippen molar-refractivity contribution in [3.05, 3.63) is 30.2 Å². The molecule has 7 nitrogen and oxygen atoms in total. The van der Waals surface area contributed by atoms with E-state index in [4.69, 9.17) is 14.4 Å². The predicted molar refractivity (Wildman–Crippen MR) is 79.7 cm³/mol. The molecule has 7 heteroatoms. The van der Waals surface area contributed by atoms with Gasteiger partial charge < -0.3 is 19.7 Å². The first-order valence-corrected chi connectivity index (χ1v) is 7.22.